The molecule has 0 saturated heterocycles. The van der Waals surface area contributed by atoms with E-state index in [0.29, 0.717) is 10.7 Å². The average Bonchev–Trinajstić information content (AvgIpc) is 2.95. The maximum absolute atomic E-state index is 11.5. The van der Waals surface area contributed by atoms with Crippen molar-refractivity contribution >= 4 is 22.6 Å². The number of nitriles is 1. The first kappa shape index (κ1) is 13.1. The second-order valence-electron chi connectivity index (χ2n) is 5.01. The van der Waals surface area contributed by atoms with E-state index in [2.05, 4.69) is 11.1 Å². The van der Waals surface area contributed by atoms with Gasteiger partial charge >= 0.3 is 0 Å². The molecule has 2 aromatic rings. The summed E-state index contributed by atoms with van der Waals surface area (Å²) in [6, 6.07) is 19.1. The lowest BCUT2D eigenvalue weighted by Gasteiger charge is -2.39. The van der Waals surface area contributed by atoms with Gasteiger partial charge in [-0.05, 0) is 23.9 Å². The minimum Gasteiger partial charge on any atom is -0.362 e. The van der Waals surface area contributed by atoms with Crippen LogP contribution in [0.1, 0.15) is 5.56 Å². The Morgan fingerprint density at radius 1 is 1.09 bits per heavy atom. The topological polar surface area (TPSA) is 59.6 Å². The fourth-order valence-electron chi connectivity index (χ4n) is 2.76. The number of hydrogen-bond acceptors (Lipinski definition) is 5. The lowest BCUT2D eigenvalue weighted by Crippen LogP contribution is -2.50. The number of aliphatic imine (C=N–C) groups is 1. The van der Waals surface area contributed by atoms with Gasteiger partial charge in [0.05, 0.1) is 5.69 Å². The van der Waals surface area contributed by atoms with E-state index in [4.69, 9.17) is 0 Å². The van der Waals surface area contributed by atoms with Crippen LogP contribution in [-0.4, -0.2) is 10.3 Å². The van der Waals surface area contributed by atoms with E-state index in [-0.39, 0.29) is 5.57 Å². The minimum atomic E-state index is -1.54. The molecule has 0 bridgehead atoms. The highest BCUT2D eigenvalue weighted by Crippen LogP contribution is 2.49. The lowest BCUT2D eigenvalue weighted by atomic mass is 9.92. The van der Waals surface area contributed by atoms with E-state index in [0.717, 1.165) is 10.6 Å². The third-order valence-electron chi connectivity index (χ3n) is 3.80. The van der Waals surface area contributed by atoms with Gasteiger partial charge in [0.2, 0.25) is 5.72 Å². The summed E-state index contributed by atoms with van der Waals surface area (Å²) in [5, 5.41) is 21.6. The van der Waals surface area contributed by atoms with Gasteiger partial charge in [0.15, 0.2) is 5.17 Å². The largest absolute Gasteiger partial charge is 0.362 e. The number of hydrogen-bond donors (Lipinski definition) is 1. The molecule has 4 rings (SSSR count). The molecule has 0 fully saturated rings. The predicted octanol–water partition coefficient (Wildman–Crippen LogP) is 3.22. The Hall–Kier alpha value is -2.55. The second kappa shape index (κ2) is 4.73. The van der Waals surface area contributed by atoms with Crippen molar-refractivity contribution in [3.05, 3.63) is 71.9 Å². The van der Waals surface area contributed by atoms with Gasteiger partial charge in [-0.1, -0.05) is 42.5 Å². The monoisotopic (exact) mass is 305 g/mol. The molecule has 2 heterocycles. The Morgan fingerprint density at radius 2 is 1.82 bits per heavy atom. The van der Waals surface area contributed by atoms with E-state index in [1.807, 2.05) is 54.6 Å². The van der Waals surface area contributed by atoms with Crippen molar-refractivity contribution in [1.82, 2.24) is 0 Å². The standard InChI is InChI=1S/C17H11N3OS/c18-10-13-11-19-16-20(14-8-4-5-9-15(14)22-16)17(13,21)12-6-2-1-3-7-12/h1-9,11,21H. The molecule has 2 aromatic carbocycles. The maximum atomic E-state index is 11.5. The number of amidine groups is 1. The number of fused-ring (bicyclic) bond motifs is 3. The first-order valence-electron chi connectivity index (χ1n) is 6.78. The van der Waals surface area contributed by atoms with Crippen molar-refractivity contribution < 1.29 is 5.11 Å². The van der Waals surface area contributed by atoms with Gasteiger partial charge in [0.25, 0.3) is 0 Å². The van der Waals surface area contributed by atoms with Crippen molar-refractivity contribution in [1.29, 1.82) is 5.26 Å². The van der Waals surface area contributed by atoms with Gasteiger partial charge in [-0.25, -0.2) is 4.99 Å². The summed E-state index contributed by atoms with van der Waals surface area (Å²) in [5.74, 6) is 0. The summed E-state index contributed by atoms with van der Waals surface area (Å²) in [6.45, 7) is 0. The normalized spacial score (nSPS) is 22.3. The number of aliphatic hydroxyl groups is 1. The molecule has 4 nitrogen and oxygen atoms in total. The van der Waals surface area contributed by atoms with Crippen LogP contribution in [0.15, 0.2) is 76.3 Å². The molecule has 0 saturated carbocycles. The number of rotatable bonds is 1. The van der Waals surface area contributed by atoms with Crippen LogP contribution in [-0.2, 0) is 5.72 Å². The highest BCUT2D eigenvalue weighted by atomic mass is 32.2. The molecule has 5 heteroatoms. The molecule has 22 heavy (non-hydrogen) atoms. The Labute approximate surface area is 132 Å². The molecule has 0 aromatic heterocycles. The van der Waals surface area contributed by atoms with E-state index in [1.54, 1.807) is 4.90 Å². The van der Waals surface area contributed by atoms with E-state index >= 15 is 0 Å². The molecule has 0 radical (unpaired) electrons. The molecule has 0 spiro atoms. The van der Waals surface area contributed by atoms with Crippen molar-refractivity contribution in [3.8, 4) is 6.07 Å². The molecule has 1 unspecified atom stereocenters. The van der Waals surface area contributed by atoms with Crippen LogP contribution in [0.3, 0.4) is 0 Å². The van der Waals surface area contributed by atoms with Gasteiger partial charge in [-0.3, -0.25) is 4.90 Å². The first-order chi connectivity index (χ1) is 10.7. The summed E-state index contributed by atoms with van der Waals surface area (Å²) >= 11 is 1.49. The van der Waals surface area contributed by atoms with Crippen LogP contribution in [0.5, 0.6) is 0 Å². The SMILES string of the molecule is N#CC1=CN=C2Sc3ccccc3N2C1(O)c1ccccc1. The zero-order valence-electron chi connectivity index (χ0n) is 11.5. The number of nitrogens with zero attached hydrogens (tertiary/aromatic N) is 3. The zero-order valence-corrected chi connectivity index (χ0v) is 12.3. The Balaban J connectivity index is 1.98. The molecule has 1 atom stereocenters. The van der Waals surface area contributed by atoms with Crippen molar-refractivity contribution in [3.63, 3.8) is 0 Å². The fourth-order valence-corrected chi connectivity index (χ4v) is 3.80. The molecule has 2 aliphatic heterocycles. The second-order valence-corrected chi connectivity index (χ2v) is 6.02. The van der Waals surface area contributed by atoms with Gasteiger partial charge in [0.1, 0.15) is 11.6 Å². The molecular weight excluding hydrogens is 294 g/mol. The minimum absolute atomic E-state index is 0.208. The van der Waals surface area contributed by atoms with E-state index in [1.165, 1.54) is 18.0 Å². The molecule has 0 amide bonds. The molecule has 1 N–H and O–H groups in total. The summed E-state index contributed by atoms with van der Waals surface area (Å²) in [6.07, 6.45) is 1.46. The summed E-state index contributed by atoms with van der Waals surface area (Å²) < 4.78 is 0. The van der Waals surface area contributed by atoms with E-state index in [9.17, 15) is 10.4 Å². The fraction of sp³-hybridized carbons (Fsp3) is 0.0588. The summed E-state index contributed by atoms with van der Waals surface area (Å²) in [7, 11) is 0. The van der Waals surface area contributed by atoms with Gasteiger partial charge in [-0.15, -0.1) is 0 Å². The lowest BCUT2D eigenvalue weighted by molar-refractivity contribution is 0.0902. The average molecular weight is 305 g/mol. The number of benzene rings is 2. The van der Waals surface area contributed by atoms with Crippen molar-refractivity contribution in [2.75, 3.05) is 4.90 Å². The van der Waals surface area contributed by atoms with Crippen LogP contribution in [0, 0.1) is 11.3 Å². The predicted molar refractivity (Wildman–Crippen MR) is 86.2 cm³/mol. The number of anilines is 1. The molecule has 0 aliphatic carbocycles. The van der Waals surface area contributed by atoms with Crippen LogP contribution in [0.2, 0.25) is 0 Å². The van der Waals surface area contributed by atoms with Crippen molar-refractivity contribution in [2.24, 2.45) is 4.99 Å². The Bertz CT molecular complexity index is 854. The highest BCUT2D eigenvalue weighted by Gasteiger charge is 2.48. The van der Waals surface area contributed by atoms with Crippen LogP contribution >= 0.6 is 11.8 Å². The molecular formula is C17H11N3OS. The first-order valence-corrected chi connectivity index (χ1v) is 7.60. The summed E-state index contributed by atoms with van der Waals surface area (Å²) in [4.78, 5) is 7.09. The number of para-hydroxylation sites is 1. The van der Waals surface area contributed by atoms with Gasteiger partial charge in [-0.2, -0.15) is 5.26 Å². The molecule has 2 aliphatic rings. The van der Waals surface area contributed by atoms with Crippen molar-refractivity contribution in [2.45, 2.75) is 10.6 Å². The van der Waals surface area contributed by atoms with Gasteiger partial charge in [0, 0.05) is 16.7 Å². The maximum Gasteiger partial charge on any atom is 0.208 e. The van der Waals surface area contributed by atoms with Crippen LogP contribution in [0.25, 0.3) is 0 Å². The smallest absolute Gasteiger partial charge is 0.208 e. The quantitative estimate of drug-likeness (QED) is 0.879. The van der Waals surface area contributed by atoms with Gasteiger partial charge < -0.3 is 5.11 Å². The van der Waals surface area contributed by atoms with Crippen LogP contribution < -0.4 is 4.90 Å². The number of thioether (sulfide) groups is 1. The Morgan fingerprint density at radius 3 is 2.59 bits per heavy atom. The van der Waals surface area contributed by atoms with Crippen LogP contribution in [0.4, 0.5) is 5.69 Å². The highest BCUT2D eigenvalue weighted by molar-refractivity contribution is 8.14. The molecule has 106 valence electrons. The third kappa shape index (κ3) is 1.65. The third-order valence-corrected chi connectivity index (χ3v) is 4.83. The van der Waals surface area contributed by atoms with E-state index < -0.39 is 5.72 Å². The zero-order chi connectivity index (χ0) is 15.2. The Kier molecular flexibility index (Phi) is 2.83. The summed E-state index contributed by atoms with van der Waals surface area (Å²) in [5.41, 5.74) is 0.179.